The summed E-state index contributed by atoms with van der Waals surface area (Å²) in [6.07, 6.45) is 3.80. The Morgan fingerprint density at radius 2 is 1.94 bits per heavy atom. The standard InChI is InChI=1S/C23H24N4O4/c1-15-6-7-17(12-21(15)27(30)31)23(29)25-14-22(28)26-10-8-16(9-11-26)19-13-24-20-5-3-2-4-18(19)20/h2-7,12-13,16,24H,8-11,14H2,1H3,(H,25,29). The molecule has 160 valence electrons. The molecule has 31 heavy (non-hydrogen) atoms. The number of likely N-dealkylation sites (tertiary alicyclic amines) is 1. The molecule has 1 aliphatic rings. The molecule has 0 bridgehead atoms. The zero-order chi connectivity index (χ0) is 22.0. The maximum Gasteiger partial charge on any atom is 0.273 e. The maximum atomic E-state index is 12.6. The number of aromatic amines is 1. The number of nitro benzene ring substituents is 1. The molecule has 0 atom stereocenters. The maximum absolute atomic E-state index is 12.6. The minimum Gasteiger partial charge on any atom is -0.361 e. The summed E-state index contributed by atoms with van der Waals surface area (Å²) in [6.45, 7) is 2.76. The summed E-state index contributed by atoms with van der Waals surface area (Å²) in [5, 5.41) is 14.9. The summed E-state index contributed by atoms with van der Waals surface area (Å²) >= 11 is 0. The van der Waals surface area contributed by atoms with Crippen LogP contribution in [0.15, 0.2) is 48.7 Å². The molecule has 2 amide bonds. The number of nitrogens with zero attached hydrogens (tertiary/aromatic N) is 2. The molecule has 8 heteroatoms. The van der Waals surface area contributed by atoms with E-state index in [1.54, 1.807) is 11.8 Å². The van der Waals surface area contributed by atoms with E-state index in [2.05, 4.69) is 28.6 Å². The highest BCUT2D eigenvalue weighted by atomic mass is 16.6. The van der Waals surface area contributed by atoms with Gasteiger partial charge in [0.15, 0.2) is 0 Å². The molecule has 0 unspecified atom stereocenters. The van der Waals surface area contributed by atoms with Crippen molar-refractivity contribution in [3.05, 3.63) is 75.5 Å². The van der Waals surface area contributed by atoms with Crippen LogP contribution in [-0.4, -0.2) is 46.3 Å². The smallest absolute Gasteiger partial charge is 0.273 e. The van der Waals surface area contributed by atoms with Gasteiger partial charge < -0.3 is 15.2 Å². The van der Waals surface area contributed by atoms with Crippen molar-refractivity contribution in [3.8, 4) is 0 Å². The van der Waals surface area contributed by atoms with Crippen molar-refractivity contribution < 1.29 is 14.5 Å². The average molecular weight is 420 g/mol. The third-order valence-electron chi connectivity index (χ3n) is 5.98. The van der Waals surface area contributed by atoms with E-state index in [9.17, 15) is 19.7 Å². The molecule has 2 aromatic carbocycles. The van der Waals surface area contributed by atoms with E-state index in [1.807, 2.05) is 12.1 Å². The Labute approximate surface area is 179 Å². The summed E-state index contributed by atoms with van der Waals surface area (Å²) in [5.41, 5.74) is 2.95. The normalized spacial score (nSPS) is 14.5. The molecule has 3 aromatic rings. The summed E-state index contributed by atoms with van der Waals surface area (Å²) in [5.74, 6) is -0.250. The van der Waals surface area contributed by atoms with Crippen molar-refractivity contribution in [2.75, 3.05) is 19.6 Å². The molecule has 1 aromatic heterocycles. The number of hydrogen-bond donors (Lipinski definition) is 2. The van der Waals surface area contributed by atoms with Gasteiger partial charge in [0.1, 0.15) is 0 Å². The molecule has 0 aliphatic carbocycles. The molecular formula is C23H24N4O4. The van der Waals surface area contributed by atoms with Gasteiger partial charge >= 0.3 is 0 Å². The van der Waals surface area contributed by atoms with Crippen molar-refractivity contribution in [1.29, 1.82) is 0 Å². The Morgan fingerprint density at radius 3 is 2.68 bits per heavy atom. The van der Waals surface area contributed by atoms with Gasteiger partial charge in [-0.15, -0.1) is 0 Å². The van der Waals surface area contributed by atoms with Gasteiger partial charge in [0, 0.05) is 47.4 Å². The summed E-state index contributed by atoms with van der Waals surface area (Å²) < 4.78 is 0. The van der Waals surface area contributed by atoms with Crippen LogP contribution in [0.5, 0.6) is 0 Å². The average Bonchev–Trinajstić information content (AvgIpc) is 3.21. The fraction of sp³-hybridized carbons (Fsp3) is 0.304. The number of para-hydroxylation sites is 1. The Bertz CT molecular complexity index is 1150. The number of fused-ring (bicyclic) bond motifs is 1. The number of amides is 2. The van der Waals surface area contributed by atoms with E-state index >= 15 is 0 Å². The first-order valence-electron chi connectivity index (χ1n) is 10.3. The van der Waals surface area contributed by atoms with Crippen molar-refractivity contribution >= 4 is 28.4 Å². The van der Waals surface area contributed by atoms with Gasteiger partial charge in [-0.1, -0.05) is 24.3 Å². The lowest BCUT2D eigenvalue weighted by Crippen LogP contribution is -2.43. The zero-order valence-electron chi connectivity index (χ0n) is 17.3. The highest BCUT2D eigenvalue weighted by Crippen LogP contribution is 2.33. The highest BCUT2D eigenvalue weighted by molar-refractivity contribution is 5.97. The molecule has 0 radical (unpaired) electrons. The number of piperidine rings is 1. The Kier molecular flexibility index (Phi) is 5.70. The van der Waals surface area contributed by atoms with Crippen LogP contribution in [0, 0.1) is 17.0 Å². The number of nitrogens with one attached hydrogen (secondary N) is 2. The first-order chi connectivity index (χ1) is 14.9. The zero-order valence-corrected chi connectivity index (χ0v) is 17.3. The summed E-state index contributed by atoms with van der Waals surface area (Å²) in [4.78, 5) is 40.5. The van der Waals surface area contributed by atoms with Gasteiger partial charge in [0.05, 0.1) is 11.5 Å². The second-order valence-electron chi connectivity index (χ2n) is 7.89. The number of aromatic nitrogens is 1. The monoisotopic (exact) mass is 420 g/mol. The Morgan fingerprint density at radius 1 is 1.19 bits per heavy atom. The summed E-state index contributed by atoms with van der Waals surface area (Å²) in [7, 11) is 0. The first kappa shape index (κ1) is 20.6. The van der Waals surface area contributed by atoms with E-state index in [-0.39, 0.29) is 23.7 Å². The van der Waals surface area contributed by atoms with Crippen molar-refractivity contribution in [2.45, 2.75) is 25.7 Å². The fourth-order valence-electron chi connectivity index (χ4n) is 4.19. The van der Waals surface area contributed by atoms with Crippen LogP contribution in [-0.2, 0) is 4.79 Å². The fourth-order valence-corrected chi connectivity index (χ4v) is 4.19. The lowest BCUT2D eigenvalue weighted by atomic mass is 9.89. The van der Waals surface area contributed by atoms with Crippen LogP contribution in [0.2, 0.25) is 0 Å². The summed E-state index contributed by atoms with van der Waals surface area (Å²) in [6, 6.07) is 12.5. The topological polar surface area (TPSA) is 108 Å². The minimum atomic E-state index is -0.519. The largest absolute Gasteiger partial charge is 0.361 e. The molecule has 2 N–H and O–H groups in total. The van der Waals surface area contributed by atoms with E-state index < -0.39 is 10.8 Å². The van der Waals surface area contributed by atoms with Gasteiger partial charge in [-0.3, -0.25) is 19.7 Å². The number of carbonyl (C=O) groups excluding carboxylic acids is 2. The van der Waals surface area contributed by atoms with Crippen molar-refractivity contribution in [3.63, 3.8) is 0 Å². The van der Waals surface area contributed by atoms with Crippen LogP contribution in [0.1, 0.15) is 40.2 Å². The number of aryl methyl sites for hydroxylation is 1. The Balaban J connectivity index is 1.32. The lowest BCUT2D eigenvalue weighted by Gasteiger charge is -2.32. The van der Waals surface area contributed by atoms with Crippen LogP contribution in [0.4, 0.5) is 5.69 Å². The number of benzene rings is 2. The quantitative estimate of drug-likeness (QED) is 0.486. The molecule has 1 fully saturated rings. The molecule has 1 saturated heterocycles. The molecule has 0 spiro atoms. The van der Waals surface area contributed by atoms with Gasteiger partial charge in [-0.25, -0.2) is 0 Å². The second-order valence-corrected chi connectivity index (χ2v) is 7.89. The Hall–Kier alpha value is -3.68. The van der Waals surface area contributed by atoms with Crippen LogP contribution in [0.25, 0.3) is 10.9 Å². The van der Waals surface area contributed by atoms with Crippen molar-refractivity contribution in [2.24, 2.45) is 0 Å². The SMILES string of the molecule is Cc1ccc(C(=O)NCC(=O)N2CCC(c3c[nH]c4ccccc34)CC2)cc1[N+](=O)[O-]. The first-order valence-corrected chi connectivity index (χ1v) is 10.3. The number of nitro groups is 1. The number of H-pyrrole nitrogens is 1. The second kappa shape index (κ2) is 8.59. The van der Waals surface area contributed by atoms with E-state index in [0.29, 0.717) is 24.6 Å². The van der Waals surface area contributed by atoms with Gasteiger partial charge in [0.25, 0.3) is 11.6 Å². The van der Waals surface area contributed by atoms with Gasteiger partial charge in [-0.05, 0) is 43.4 Å². The predicted octanol–water partition coefficient (Wildman–Crippen LogP) is 3.52. The minimum absolute atomic E-state index is 0.113. The third-order valence-corrected chi connectivity index (χ3v) is 5.98. The molecule has 4 rings (SSSR count). The van der Waals surface area contributed by atoms with Crippen molar-refractivity contribution in [1.82, 2.24) is 15.2 Å². The predicted molar refractivity (Wildman–Crippen MR) is 117 cm³/mol. The number of carbonyl (C=O) groups is 2. The number of hydrogen-bond acceptors (Lipinski definition) is 4. The van der Waals surface area contributed by atoms with Crippen LogP contribution in [0.3, 0.4) is 0 Å². The van der Waals surface area contributed by atoms with E-state index in [4.69, 9.17) is 0 Å². The molecule has 8 nitrogen and oxygen atoms in total. The molecule has 2 heterocycles. The lowest BCUT2D eigenvalue weighted by molar-refractivity contribution is -0.385. The highest BCUT2D eigenvalue weighted by Gasteiger charge is 2.25. The van der Waals surface area contributed by atoms with E-state index in [0.717, 1.165) is 18.4 Å². The molecule has 1 aliphatic heterocycles. The van der Waals surface area contributed by atoms with Crippen LogP contribution < -0.4 is 5.32 Å². The third kappa shape index (κ3) is 4.28. The molecule has 0 saturated carbocycles. The number of rotatable bonds is 5. The van der Waals surface area contributed by atoms with Crippen LogP contribution >= 0.6 is 0 Å². The van der Waals surface area contributed by atoms with Gasteiger partial charge in [0.2, 0.25) is 5.91 Å². The van der Waals surface area contributed by atoms with E-state index in [1.165, 1.54) is 29.1 Å². The molecular weight excluding hydrogens is 396 g/mol. The van der Waals surface area contributed by atoms with Gasteiger partial charge in [-0.2, -0.15) is 0 Å².